The molecule has 0 heterocycles. The van der Waals surface area contributed by atoms with Crippen LogP contribution in [0, 0.1) is 0 Å². The van der Waals surface area contributed by atoms with E-state index in [0.717, 1.165) is 20.8 Å². The van der Waals surface area contributed by atoms with Crippen molar-refractivity contribution in [3.8, 4) is 0 Å². The van der Waals surface area contributed by atoms with Crippen LogP contribution in [0.2, 0.25) is 0 Å². The minimum atomic E-state index is -5.95. The smallest absolute Gasteiger partial charge is 0.212 e. The fourth-order valence-corrected chi connectivity index (χ4v) is 1.14. The van der Waals surface area contributed by atoms with Crippen LogP contribution in [0.4, 0.5) is 22.0 Å². The molecule has 0 aromatic rings. The maximum Gasteiger partial charge on any atom is 0.470 e. The zero-order valence-electron chi connectivity index (χ0n) is 8.11. The topological polar surface area (TPSA) is 46.2 Å². The molecule has 0 rings (SSSR count). The first kappa shape index (κ1) is 14.6. The van der Waals surface area contributed by atoms with Crippen molar-refractivity contribution in [3.63, 3.8) is 0 Å². The number of rotatable bonds is 2. The summed E-state index contributed by atoms with van der Waals surface area (Å²) >= 11 is 0. The molecule has 0 saturated heterocycles. The van der Waals surface area contributed by atoms with Crippen molar-refractivity contribution in [1.29, 1.82) is 0 Å². The maximum absolute atomic E-state index is 12.3. The molecule has 0 aromatic carbocycles. The molecular weight excluding hydrogens is 245 g/mol. The molecule has 0 aromatic heterocycles. The van der Waals surface area contributed by atoms with Gasteiger partial charge in [0.15, 0.2) is 0 Å². The standard InChI is InChI=1S/C6H10F5NO2S/c1-4(2,3)15(13,14)12-6(10,11)5(7,8)9/h12H,1-3H3. The van der Waals surface area contributed by atoms with Crippen molar-refractivity contribution in [2.45, 2.75) is 37.7 Å². The molecule has 0 unspecified atom stereocenters. The molecule has 92 valence electrons. The average Bonchev–Trinajstić information content (AvgIpc) is 1.77. The highest BCUT2D eigenvalue weighted by Crippen LogP contribution is 2.34. The Morgan fingerprint density at radius 2 is 1.27 bits per heavy atom. The second-order valence-electron chi connectivity index (χ2n) is 3.79. The minimum absolute atomic E-state index is 0.326. The Labute approximate surface area is 83.7 Å². The minimum Gasteiger partial charge on any atom is -0.212 e. The van der Waals surface area contributed by atoms with Gasteiger partial charge in [-0.3, -0.25) is 0 Å². The monoisotopic (exact) mass is 255 g/mol. The molecule has 9 heteroatoms. The average molecular weight is 255 g/mol. The highest BCUT2D eigenvalue weighted by molar-refractivity contribution is 7.90. The van der Waals surface area contributed by atoms with Gasteiger partial charge >= 0.3 is 12.2 Å². The Morgan fingerprint density at radius 1 is 0.933 bits per heavy atom. The second-order valence-corrected chi connectivity index (χ2v) is 6.23. The van der Waals surface area contributed by atoms with E-state index < -0.39 is 27.0 Å². The number of halogens is 5. The summed E-state index contributed by atoms with van der Waals surface area (Å²) in [7, 11) is -4.76. The van der Waals surface area contributed by atoms with Crippen molar-refractivity contribution >= 4 is 10.0 Å². The van der Waals surface area contributed by atoms with Gasteiger partial charge in [-0.25, -0.2) is 8.42 Å². The molecule has 0 aliphatic carbocycles. The SMILES string of the molecule is CC(C)(C)S(=O)(=O)NC(F)(F)C(F)(F)F. The number of hydrogen-bond acceptors (Lipinski definition) is 2. The fourth-order valence-electron chi connectivity index (χ4n) is 0.380. The van der Waals surface area contributed by atoms with Crippen LogP contribution in [0.3, 0.4) is 0 Å². The van der Waals surface area contributed by atoms with Crippen molar-refractivity contribution in [2.75, 3.05) is 0 Å². The maximum atomic E-state index is 12.3. The summed E-state index contributed by atoms with van der Waals surface area (Å²) in [4.78, 5) is 0. The zero-order valence-corrected chi connectivity index (χ0v) is 8.93. The Bertz CT molecular complexity index is 326. The van der Waals surface area contributed by atoms with Crippen molar-refractivity contribution in [1.82, 2.24) is 4.72 Å². The Balaban J connectivity index is 5.08. The number of hydrogen-bond donors (Lipinski definition) is 1. The molecule has 0 bridgehead atoms. The third kappa shape index (κ3) is 3.26. The third-order valence-electron chi connectivity index (χ3n) is 1.42. The van der Waals surface area contributed by atoms with Crippen LogP contribution >= 0.6 is 0 Å². The molecule has 0 amide bonds. The molecule has 0 spiro atoms. The second kappa shape index (κ2) is 3.55. The highest BCUT2D eigenvalue weighted by Gasteiger charge is 2.60. The summed E-state index contributed by atoms with van der Waals surface area (Å²) in [6.07, 6.45) is -5.95. The lowest BCUT2D eigenvalue weighted by Crippen LogP contribution is -2.55. The van der Waals surface area contributed by atoms with Gasteiger partial charge in [0.1, 0.15) is 0 Å². The number of nitrogens with one attached hydrogen (secondary N) is 1. The fraction of sp³-hybridized carbons (Fsp3) is 1.00. The van der Waals surface area contributed by atoms with Crippen molar-refractivity contribution in [2.24, 2.45) is 0 Å². The Kier molecular flexibility index (Phi) is 3.44. The molecular formula is C6H10F5NO2S. The van der Waals surface area contributed by atoms with E-state index >= 15 is 0 Å². The molecule has 3 nitrogen and oxygen atoms in total. The van der Waals surface area contributed by atoms with Gasteiger partial charge in [-0.2, -0.15) is 22.0 Å². The van der Waals surface area contributed by atoms with E-state index in [0.29, 0.717) is 4.72 Å². The predicted molar refractivity (Wildman–Crippen MR) is 42.8 cm³/mol. The lowest BCUT2D eigenvalue weighted by Gasteiger charge is -2.25. The van der Waals surface area contributed by atoms with E-state index in [4.69, 9.17) is 0 Å². The summed E-state index contributed by atoms with van der Waals surface area (Å²) in [5, 5.41) is 0. The van der Waals surface area contributed by atoms with Crippen LogP contribution in [-0.2, 0) is 10.0 Å². The van der Waals surface area contributed by atoms with E-state index in [1.54, 1.807) is 0 Å². The van der Waals surface area contributed by atoms with E-state index in [2.05, 4.69) is 0 Å². The summed E-state index contributed by atoms with van der Waals surface area (Å²) in [6, 6.07) is -5.46. The number of sulfonamides is 1. The summed E-state index contributed by atoms with van der Waals surface area (Å²) in [5.74, 6) is 0. The molecule has 0 saturated carbocycles. The van der Waals surface area contributed by atoms with Gasteiger partial charge in [0.05, 0.1) is 4.75 Å². The van der Waals surface area contributed by atoms with Gasteiger partial charge in [-0.1, -0.05) is 0 Å². The molecule has 0 aliphatic rings. The first-order chi connectivity index (χ1) is 6.21. The quantitative estimate of drug-likeness (QED) is 0.604. The summed E-state index contributed by atoms with van der Waals surface area (Å²) in [5.41, 5.74) is 0. The molecule has 1 N–H and O–H groups in total. The van der Waals surface area contributed by atoms with E-state index in [1.807, 2.05) is 0 Å². The van der Waals surface area contributed by atoms with Gasteiger partial charge < -0.3 is 0 Å². The van der Waals surface area contributed by atoms with Gasteiger partial charge in [0, 0.05) is 0 Å². The van der Waals surface area contributed by atoms with Crippen molar-refractivity contribution < 1.29 is 30.4 Å². The van der Waals surface area contributed by atoms with Crippen LogP contribution in [0.5, 0.6) is 0 Å². The van der Waals surface area contributed by atoms with Gasteiger partial charge in [0.25, 0.3) is 0 Å². The number of alkyl halides is 5. The van der Waals surface area contributed by atoms with Crippen molar-refractivity contribution in [3.05, 3.63) is 0 Å². The van der Waals surface area contributed by atoms with Crippen LogP contribution < -0.4 is 4.72 Å². The third-order valence-corrected chi connectivity index (χ3v) is 3.56. The normalized spacial score (nSPS) is 15.5. The van der Waals surface area contributed by atoms with Gasteiger partial charge in [-0.05, 0) is 20.8 Å². The lowest BCUT2D eigenvalue weighted by molar-refractivity contribution is -0.286. The molecule has 0 aliphatic heterocycles. The Hall–Kier alpha value is -0.440. The molecule has 0 atom stereocenters. The van der Waals surface area contributed by atoms with Crippen LogP contribution in [-0.4, -0.2) is 25.4 Å². The first-order valence-electron chi connectivity index (χ1n) is 3.69. The lowest BCUT2D eigenvalue weighted by atomic mass is 10.3. The largest absolute Gasteiger partial charge is 0.470 e. The predicted octanol–water partition coefficient (Wildman–Crippen LogP) is 1.86. The van der Waals surface area contributed by atoms with Crippen LogP contribution in [0.25, 0.3) is 0 Å². The van der Waals surface area contributed by atoms with Crippen LogP contribution in [0.1, 0.15) is 20.8 Å². The van der Waals surface area contributed by atoms with Gasteiger partial charge in [0.2, 0.25) is 10.0 Å². The molecule has 0 fully saturated rings. The van der Waals surface area contributed by atoms with Crippen LogP contribution in [0.15, 0.2) is 0 Å². The zero-order chi connectivity index (χ0) is 12.7. The highest BCUT2D eigenvalue weighted by atomic mass is 32.2. The molecule has 0 radical (unpaired) electrons. The van der Waals surface area contributed by atoms with E-state index in [-0.39, 0.29) is 0 Å². The summed E-state index contributed by atoms with van der Waals surface area (Å²) in [6.45, 7) is 3.01. The van der Waals surface area contributed by atoms with Gasteiger partial charge in [-0.15, -0.1) is 4.72 Å². The Morgan fingerprint density at radius 3 is 1.47 bits per heavy atom. The summed E-state index contributed by atoms with van der Waals surface area (Å²) < 4.78 is 80.3. The van der Waals surface area contributed by atoms with E-state index in [9.17, 15) is 30.4 Å². The first-order valence-corrected chi connectivity index (χ1v) is 5.17. The molecule has 15 heavy (non-hydrogen) atoms. The van der Waals surface area contributed by atoms with E-state index in [1.165, 1.54) is 0 Å².